The van der Waals surface area contributed by atoms with E-state index in [1.165, 1.54) is 11.3 Å². The molecule has 0 aliphatic carbocycles. The molecule has 4 N–H and O–H groups in total. The molecule has 0 fully saturated rings. The Morgan fingerprint density at radius 2 is 1.88 bits per heavy atom. The Balaban J connectivity index is 1.63. The molecule has 3 amide bonds. The number of rotatable bonds is 5. The Morgan fingerprint density at radius 1 is 1.08 bits per heavy atom. The maximum Gasteiger partial charge on any atom is 0.316 e. The minimum atomic E-state index is -0.659. The molecule has 3 rings (SSSR count). The highest BCUT2D eigenvalue weighted by Crippen LogP contribution is 2.22. The molecule has 8 heteroatoms. The monoisotopic (exact) mass is 353 g/mol. The molecule has 0 aliphatic rings. The Kier molecular flexibility index (Phi) is 5.00. The summed E-state index contributed by atoms with van der Waals surface area (Å²) in [5.74, 6) is -0.200. The summed E-state index contributed by atoms with van der Waals surface area (Å²) < 4.78 is 0. The topological polar surface area (TPSA) is 110 Å². The number of urea groups is 1. The van der Waals surface area contributed by atoms with Crippen LogP contribution >= 0.6 is 11.3 Å². The lowest BCUT2D eigenvalue weighted by atomic mass is 10.2. The number of aromatic nitrogens is 2. The van der Waals surface area contributed by atoms with Crippen molar-refractivity contribution in [2.45, 2.75) is 6.42 Å². The van der Waals surface area contributed by atoms with Crippen molar-refractivity contribution in [3.63, 3.8) is 0 Å². The van der Waals surface area contributed by atoms with E-state index in [0.29, 0.717) is 17.1 Å². The van der Waals surface area contributed by atoms with Gasteiger partial charge in [-0.2, -0.15) is 0 Å². The summed E-state index contributed by atoms with van der Waals surface area (Å²) in [6, 6.07) is 11.7. The molecule has 1 aromatic carbocycles. The number of amides is 3. The van der Waals surface area contributed by atoms with Gasteiger partial charge in [0.2, 0.25) is 5.91 Å². The van der Waals surface area contributed by atoms with E-state index in [1.54, 1.807) is 30.5 Å². The fraction of sp³-hybridized carbons (Fsp3) is 0.0588. The number of nitrogens with zero attached hydrogens (tertiary/aromatic N) is 2. The lowest BCUT2D eigenvalue weighted by Crippen LogP contribution is -2.19. The Morgan fingerprint density at radius 3 is 2.60 bits per heavy atom. The molecule has 0 bridgehead atoms. The highest BCUT2D eigenvalue weighted by atomic mass is 32.1. The first-order valence-corrected chi connectivity index (χ1v) is 8.30. The predicted octanol–water partition coefficient (Wildman–Crippen LogP) is 2.88. The number of pyridine rings is 1. The van der Waals surface area contributed by atoms with Crippen LogP contribution in [0.5, 0.6) is 0 Å². The van der Waals surface area contributed by atoms with E-state index in [0.717, 1.165) is 10.7 Å². The normalized spacial score (nSPS) is 10.2. The van der Waals surface area contributed by atoms with Gasteiger partial charge in [-0.25, -0.2) is 9.78 Å². The third kappa shape index (κ3) is 4.61. The van der Waals surface area contributed by atoms with Gasteiger partial charge in [0.25, 0.3) is 0 Å². The minimum Gasteiger partial charge on any atom is -0.351 e. The van der Waals surface area contributed by atoms with Crippen LogP contribution in [0.1, 0.15) is 5.69 Å². The highest BCUT2D eigenvalue weighted by Gasteiger charge is 2.10. The summed E-state index contributed by atoms with van der Waals surface area (Å²) in [5.41, 5.74) is 7.61. The first-order chi connectivity index (χ1) is 12.1. The zero-order valence-electron chi connectivity index (χ0n) is 13.1. The standard InChI is InChI=1S/C17H15N5O2S/c18-17(24)22-12-5-3-4-11(8-12)20-15(23)9-13-10-25-16(21-13)14-6-1-2-7-19-14/h1-8,10H,9H2,(H,20,23)(H3,18,22,24). The lowest BCUT2D eigenvalue weighted by molar-refractivity contribution is -0.115. The van der Waals surface area contributed by atoms with Gasteiger partial charge in [0.05, 0.1) is 17.8 Å². The van der Waals surface area contributed by atoms with Gasteiger partial charge in [0.15, 0.2) is 0 Å². The summed E-state index contributed by atoms with van der Waals surface area (Å²) in [6.07, 6.45) is 1.85. The number of nitrogens with two attached hydrogens (primary N) is 1. The molecule has 0 atom stereocenters. The second-order valence-electron chi connectivity index (χ2n) is 5.15. The summed E-state index contributed by atoms with van der Waals surface area (Å²) in [7, 11) is 0. The van der Waals surface area contributed by atoms with Crippen molar-refractivity contribution in [1.29, 1.82) is 0 Å². The maximum atomic E-state index is 12.2. The number of nitrogens with one attached hydrogen (secondary N) is 2. The summed E-state index contributed by atoms with van der Waals surface area (Å²) in [5, 5.41) is 7.85. The molecule has 7 nitrogen and oxygen atoms in total. The van der Waals surface area contributed by atoms with E-state index in [4.69, 9.17) is 5.73 Å². The molecule has 0 unspecified atom stereocenters. The van der Waals surface area contributed by atoms with Gasteiger partial charge in [-0.3, -0.25) is 9.78 Å². The third-order valence-electron chi connectivity index (χ3n) is 3.19. The van der Waals surface area contributed by atoms with Crippen LogP contribution in [0.3, 0.4) is 0 Å². The number of primary amides is 1. The average molecular weight is 353 g/mol. The van der Waals surface area contributed by atoms with Gasteiger partial charge >= 0.3 is 6.03 Å². The van der Waals surface area contributed by atoms with Crippen LogP contribution in [0, 0.1) is 0 Å². The number of hydrogen-bond donors (Lipinski definition) is 3. The maximum absolute atomic E-state index is 12.2. The molecule has 0 saturated carbocycles. The molecule has 3 aromatic rings. The van der Waals surface area contributed by atoms with E-state index in [1.807, 2.05) is 23.6 Å². The van der Waals surface area contributed by atoms with Crippen molar-refractivity contribution in [2.75, 3.05) is 10.6 Å². The largest absolute Gasteiger partial charge is 0.351 e. The van der Waals surface area contributed by atoms with Gasteiger partial charge in [-0.1, -0.05) is 12.1 Å². The van der Waals surface area contributed by atoms with Gasteiger partial charge < -0.3 is 16.4 Å². The molecular formula is C17H15N5O2S. The number of carbonyl (C=O) groups excluding carboxylic acids is 2. The van der Waals surface area contributed by atoms with Gasteiger partial charge in [0.1, 0.15) is 5.01 Å². The van der Waals surface area contributed by atoms with Crippen LogP contribution in [0.15, 0.2) is 54.0 Å². The molecule has 0 aliphatic heterocycles. The summed E-state index contributed by atoms with van der Waals surface area (Å²) >= 11 is 1.45. The Labute approximate surface area is 147 Å². The van der Waals surface area contributed by atoms with Gasteiger partial charge in [0, 0.05) is 23.0 Å². The quantitative estimate of drug-likeness (QED) is 0.655. The van der Waals surface area contributed by atoms with Crippen LogP contribution in [-0.4, -0.2) is 21.9 Å². The summed E-state index contributed by atoms with van der Waals surface area (Å²) in [4.78, 5) is 31.7. The van der Waals surface area contributed by atoms with Crippen molar-refractivity contribution in [3.8, 4) is 10.7 Å². The van der Waals surface area contributed by atoms with E-state index < -0.39 is 6.03 Å². The number of benzene rings is 1. The van der Waals surface area contributed by atoms with E-state index in [-0.39, 0.29) is 12.3 Å². The average Bonchev–Trinajstić information content (AvgIpc) is 3.03. The van der Waals surface area contributed by atoms with Crippen LogP contribution in [-0.2, 0) is 11.2 Å². The number of carbonyl (C=O) groups is 2. The highest BCUT2D eigenvalue weighted by molar-refractivity contribution is 7.13. The lowest BCUT2D eigenvalue weighted by Gasteiger charge is -2.07. The molecule has 0 spiro atoms. The van der Waals surface area contributed by atoms with Crippen LogP contribution in [0.4, 0.5) is 16.2 Å². The fourth-order valence-electron chi connectivity index (χ4n) is 2.18. The van der Waals surface area contributed by atoms with Crippen LogP contribution in [0.2, 0.25) is 0 Å². The van der Waals surface area contributed by atoms with Crippen LogP contribution in [0.25, 0.3) is 10.7 Å². The molecule has 0 saturated heterocycles. The van der Waals surface area contributed by atoms with Gasteiger partial charge in [-0.15, -0.1) is 11.3 Å². The first kappa shape index (κ1) is 16.6. The van der Waals surface area contributed by atoms with Crippen molar-refractivity contribution < 1.29 is 9.59 Å². The van der Waals surface area contributed by atoms with Gasteiger partial charge in [-0.05, 0) is 30.3 Å². The number of thiazole rings is 1. The molecule has 25 heavy (non-hydrogen) atoms. The van der Waals surface area contributed by atoms with Crippen molar-refractivity contribution in [2.24, 2.45) is 5.73 Å². The van der Waals surface area contributed by atoms with Crippen molar-refractivity contribution in [3.05, 3.63) is 59.7 Å². The minimum absolute atomic E-state index is 0.150. The molecule has 2 heterocycles. The second kappa shape index (κ2) is 7.54. The zero-order chi connectivity index (χ0) is 17.6. The SMILES string of the molecule is NC(=O)Nc1cccc(NC(=O)Cc2csc(-c3ccccn3)n2)c1. The van der Waals surface area contributed by atoms with Crippen LogP contribution < -0.4 is 16.4 Å². The first-order valence-electron chi connectivity index (χ1n) is 7.42. The Bertz CT molecular complexity index is 895. The molecule has 0 radical (unpaired) electrons. The number of hydrogen-bond acceptors (Lipinski definition) is 5. The molecular weight excluding hydrogens is 338 g/mol. The van der Waals surface area contributed by atoms with E-state index in [2.05, 4.69) is 20.6 Å². The van der Waals surface area contributed by atoms with E-state index in [9.17, 15) is 9.59 Å². The summed E-state index contributed by atoms with van der Waals surface area (Å²) in [6.45, 7) is 0. The van der Waals surface area contributed by atoms with E-state index >= 15 is 0 Å². The smallest absolute Gasteiger partial charge is 0.316 e. The second-order valence-corrected chi connectivity index (χ2v) is 6.01. The predicted molar refractivity (Wildman–Crippen MR) is 97.3 cm³/mol. The third-order valence-corrected chi connectivity index (χ3v) is 4.10. The van der Waals surface area contributed by atoms with Crippen molar-refractivity contribution in [1.82, 2.24) is 9.97 Å². The fourth-order valence-corrected chi connectivity index (χ4v) is 2.98. The molecule has 2 aromatic heterocycles. The molecule has 126 valence electrons. The zero-order valence-corrected chi connectivity index (χ0v) is 13.9. The van der Waals surface area contributed by atoms with Crippen molar-refractivity contribution >= 4 is 34.6 Å². The Hall–Kier alpha value is -3.26. The number of anilines is 2.